The second kappa shape index (κ2) is 5.77. The molecule has 0 amide bonds. The van der Waals surface area contributed by atoms with Crippen LogP contribution in [0.25, 0.3) is 0 Å². The van der Waals surface area contributed by atoms with Gasteiger partial charge in [0.15, 0.2) is 0 Å². The zero-order valence-corrected chi connectivity index (χ0v) is 11.5. The molecule has 0 heterocycles. The Labute approximate surface area is 109 Å². The molecule has 15 heavy (non-hydrogen) atoms. The highest BCUT2D eigenvalue weighted by molar-refractivity contribution is 9.10. The minimum absolute atomic E-state index is 0.00673. The third-order valence-electron chi connectivity index (χ3n) is 1.82. The maximum Gasteiger partial charge on any atom is 0.252 e. The summed E-state index contributed by atoms with van der Waals surface area (Å²) in [4.78, 5) is 22.3. The fraction of sp³-hybridized carbons (Fsp3) is 0.200. The summed E-state index contributed by atoms with van der Waals surface area (Å²) >= 11 is 11.8. The molecule has 0 fully saturated rings. The summed E-state index contributed by atoms with van der Waals surface area (Å²) in [5.74, 6) is 0.00673. The van der Waals surface area contributed by atoms with Gasteiger partial charge in [-0.25, -0.2) is 0 Å². The van der Waals surface area contributed by atoms with Gasteiger partial charge in [0.2, 0.25) is 0 Å². The quantitative estimate of drug-likeness (QED) is 0.614. The summed E-state index contributed by atoms with van der Waals surface area (Å²) in [5.41, 5.74) is 1.03. The van der Waals surface area contributed by atoms with Gasteiger partial charge < -0.3 is 0 Å². The normalized spacial score (nSPS) is 10.1. The van der Waals surface area contributed by atoms with E-state index in [1.165, 1.54) is 0 Å². The lowest BCUT2D eigenvalue weighted by Gasteiger charge is -2.05. The molecule has 1 aromatic carbocycles. The number of hydrogen-bond donors (Lipinski definition) is 0. The molecule has 0 aliphatic heterocycles. The number of ketones is 1. The molecule has 1 aromatic rings. The molecule has 0 saturated heterocycles. The van der Waals surface area contributed by atoms with Crippen molar-refractivity contribution >= 4 is 54.5 Å². The van der Waals surface area contributed by atoms with Gasteiger partial charge in [-0.3, -0.25) is 9.59 Å². The highest BCUT2D eigenvalue weighted by Gasteiger charge is 2.12. The number of halogens is 3. The zero-order valence-electron chi connectivity index (χ0n) is 7.60. The molecular weight excluding hydrogens is 347 g/mol. The van der Waals surface area contributed by atoms with E-state index in [4.69, 9.17) is 11.6 Å². The van der Waals surface area contributed by atoms with Crippen LogP contribution >= 0.6 is 43.5 Å². The number of benzene rings is 1. The van der Waals surface area contributed by atoms with Crippen LogP contribution in [0.2, 0.25) is 0 Å². The van der Waals surface area contributed by atoms with E-state index in [9.17, 15) is 9.59 Å². The van der Waals surface area contributed by atoms with Crippen molar-refractivity contribution in [3.05, 3.63) is 33.8 Å². The number of carbonyl (C=O) groups is 2. The number of hydrogen-bond acceptors (Lipinski definition) is 2. The highest BCUT2D eigenvalue weighted by atomic mass is 79.9. The van der Waals surface area contributed by atoms with Gasteiger partial charge in [0.1, 0.15) is 5.78 Å². The monoisotopic (exact) mass is 352 g/mol. The van der Waals surface area contributed by atoms with E-state index in [1.807, 2.05) is 0 Å². The van der Waals surface area contributed by atoms with Gasteiger partial charge in [-0.05, 0) is 35.4 Å². The largest absolute Gasteiger partial charge is 0.298 e. The average Bonchev–Trinajstić information content (AvgIpc) is 2.17. The molecule has 0 aliphatic carbocycles. The van der Waals surface area contributed by atoms with Gasteiger partial charge in [-0.15, -0.1) is 0 Å². The van der Waals surface area contributed by atoms with E-state index in [0.29, 0.717) is 11.1 Å². The molecule has 0 bridgehead atoms. The fourth-order valence-corrected chi connectivity index (χ4v) is 1.95. The third-order valence-corrected chi connectivity index (χ3v) is 3.14. The summed E-state index contributed by atoms with van der Waals surface area (Å²) in [6.07, 6.45) is 0.207. The summed E-state index contributed by atoms with van der Waals surface area (Å²) < 4.78 is 0.821. The van der Waals surface area contributed by atoms with Crippen LogP contribution in [0, 0.1) is 0 Å². The molecule has 0 aromatic heterocycles. The van der Waals surface area contributed by atoms with Crippen molar-refractivity contribution in [1.82, 2.24) is 0 Å². The number of Topliss-reactive ketones (excluding diaryl/α,β-unsaturated/α-hetero) is 1. The zero-order chi connectivity index (χ0) is 11.4. The predicted octanol–water partition coefficient (Wildman–Crippen LogP) is 3.33. The van der Waals surface area contributed by atoms with E-state index in [1.54, 1.807) is 18.2 Å². The first kappa shape index (κ1) is 12.9. The van der Waals surface area contributed by atoms with E-state index >= 15 is 0 Å². The second-order valence-electron chi connectivity index (χ2n) is 2.92. The molecule has 1 rings (SSSR count). The van der Waals surface area contributed by atoms with Crippen LogP contribution < -0.4 is 0 Å². The van der Waals surface area contributed by atoms with Gasteiger partial charge in [-0.1, -0.05) is 31.9 Å². The van der Waals surface area contributed by atoms with Crippen LogP contribution in [0.4, 0.5) is 0 Å². The maximum atomic E-state index is 11.3. The van der Waals surface area contributed by atoms with Crippen LogP contribution in [-0.2, 0) is 11.2 Å². The molecule has 0 radical (unpaired) electrons. The fourth-order valence-electron chi connectivity index (χ4n) is 1.16. The number of rotatable bonds is 4. The summed E-state index contributed by atoms with van der Waals surface area (Å²) in [7, 11) is 0. The molecule has 5 heteroatoms. The topological polar surface area (TPSA) is 34.1 Å². The first-order chi connectivity index (χ1) is 7.04. The van der Waals surface area contributed by atoms with Crippen molar-refractivity contribution in [1.29, 1.82) is 0 Å². The number of carbonyl (C=O) groups excluding carboxylic acids is 2. The summed E-state index contributed by atoms with van der Waals surface area (Å²) in [6, 6.07) is 5.06. The first-order valence-electron chi connectivity index (χ1n) is 4.10. The molecular formula is C10H7Br2ClO2. The van der Waals surface area contributed by atoms with Crippen LogP contribution in [-0.4, -0.2) is 16.4 Å². The van der Waals surface area contributed by atoms with Gasteiger partial charge in [0, 0.05) is 16.5 Å². The Morgan fingerprint density at radius 1 is 1.33 bits per heavy atom. The summed E-state index contributed by atoms with van der Waals surface area (Å²) in [6.45, 7) is 0. The molecule has 0 unspecified atom stereocenters. The lowest BCUT2D eigenvalue weighted by atomic mass is 10.0. The Hall–Kier alpha value is -0.190. The van der Waals surface area contributed by atoms with Crippen molar-refractivity contribution in [2.75, 3.05) is 5.33 Å². The van der Waals surface area contributed by atoms with Crippen LogP contribution in [0.15, 0.2) is 22.7 Å². The standard InChI is InChI=1S/C10H7Br2ClO2/c11-5-8(14)4-6-3-7(12)1-2-9(6)10(13)15/h1-3H,4-5H2. The van der Waals surface area contributed by atoms with Crippen molar-refractivity contribution in [2.45, 2.75) is 6.42 Å². The third kappa shape index (κ3) is 3.70. The first-order valence-corrected chi connectivity index (χ1v) is 6.39. The van der Waals surface area contributed by atoms with E-state index in [-0.39, 0.29) is 17.5 Å². The molecule has 80 valence electrons. The lowest BCUT2D eigenvalue weighted by Crippen LogP contribution is -2.07. The Morgan fingerprint density at radius 3 is 2.53 bits per heavy atom. The minimum Gasteiger partial charge on any atom is -0.298 e. The maximum absolute atomic E-state index is 11.3. The SMILES string of the molecule is O=C(CBr)Cc1cc(Br)ccc1C(=O)Cl. The second-order valence-corrected chi connectivity index (χ2v) is 4.74. The smallest absolute Gasteiger partial charge is 0.252 e. The predicted molar refractivity (Wildman–Crippen MR) is 66.8 cm³/mol. The lowest BCUT2D eigenvalue weighted by molar-refractivity contribution is -0.115. The molecule has 0 aliphatic rings. The number of alkyl halides is 1. The van der Waals surface area contributed by atoms with Crippen molar-refractivity contribution < 1.29 is 9.59 Å². The molecule has 0 atom stereocenters. The van der Waals surface area contributed by atoms with Crippen LogP contribution in [0.1, 0.15) is 15.9 Å². The van der Waals surface area contributed by atoms with Gasteiger partial charge in [0.05, 0.1) is 5.33 Å². The Balaban J connectivity index is 3.07. The minimum atomic E-state index is -0.542. The van der Waals surface area contributed by atoms with Crippen molar-refractivity contribution in [3.63, 3.8) is 0 Å². The van der Waals surface area contributed by atoms with E-state index in [0.717, 1.165) is 4.47 Å². The van der Waals surface area contributed by atoms with Crippen molar-refractivity contribution in [2.24, 2.45) is 0 Å². The average molecular weight is 354 g/mol. The van der Waals surface area contributed by atoms with Gasteiger partial charge >= 0.3 is 0 Å². The van der Waals surface area contributed by atoms with Gasteiger partial charge in [0.25, 0.3) is 5.24 Å². The molecule has 0 spiro atoms. The van der Waals surface area contributed by atoms with E-state index in [2.05, 4.69) is 31.9 Å². The Kier molecular flexibility index (Phi) is 4.96. The molecule has 0 N–H and O–H groups in total. The Bertz CT molecular complexity index is 404. The molecule has 2 nitrogen and oxygen atoms in total. The van der Waals surface area contributed by atoms with Gasteiger partial charge in [-0.2, -0.15) is 0 Å². The van der Waals surface area contributed by atoms with Crippen LogP contribution in [0.5, 0.6) is 0 Å². The van der Waals surface area contributed by atoms with E-state index < -0.39 is 5.24 Å². The molecule has 0 saturated carbocycles. The van der Waals surface area contributed by atoms with Crippen molar-refractivity contribution in [3.8, 4) is 0 Å². The highest BCUT2D eigenvalue weighted by Crippen LogP contribution is 2.19. The summed E-state index contributed by atoms with van der Waals surface area (Å²) in [5, 5.41) is -0.269. The van der Waals surface area contributed by atoms with Crippen LogP contribution in [0.3, 0.4) is 0 Å². The Morgan fingerprint density at radius 2 is 2.00 bits per heavy atom.